The predicted molar refractivity (Wildman–Crippen MR) is 71.7 cm³/mol. The van der Waals surface area contributed by atoms with Crippen molar-refractivity contribution in [3.63, 3.8) is 0 Å². The molecule has 0 amide bonds. The second kappa shape index (κ2) is 5.38. The molecular formula is C14H15F3N4. The molecule has 1 aromatic carbocycles. The minimum atomic E-state index is -4.16. The molecule has 0 saturated heterocycles. The van der Waals surface area contributed by atoms with Gasteiger partial charge >= 0.3 is 6.18 Å². The zero-order valence-corrected chi connectivity index (χ0v) is 11.3. The van der Waals surface area contributed by atoms with Gasteiger partial charge in [-0.3, -0.25) is 0 Å². The summed E-state index contributed by atoms with van der Waals surface area (Å²) in [7, 11) is 0. The molecule has 4 nitrogen and oxygen atoms in total. The number of rotatable bonds is 3. The topological polar surface area (TPSA) is 42.7 Å². The Morgan fingerprint density at radius 3 is 2.67 bits per heavy atom. The fourth-order valence-corrected chi connectivity index (χ4v) is 2.52. The normalized spacial score (nSPS) is 18.3. The molecule has 0 fully saturated rings. The van der Waals surface area contributed by atoms with Gasteiger partial charge in [-0.2, -0.15) is 13.2 Å². The summed E-state index contributed by atoms with van der Waals surface area (Å²) in [4.78, 5) is 0. The quantitative estimate of drug-likeness (QED) is 0.946. The Kier molecular flexibility index (Phi) is 3.57. The van der Waals surface area contributed by atoms with Crippen LogP contribution < -0.4 is 5.32 Å². The second-order valence-electron chi connectivity index (χ2n) is 5.14. The van der Waals surface area contributed by atoms with E-state index in [0.29, 0.717) is 24.6 Å². The number of hydrogen-bond acceptors (Lipinski definition) is 3. The van der Waals surface area contributed by atoms with Crippen LogP contribution in [0.5, 0.6) is 0 Å². The molecule has 3 rings (SSSR count). The first-order valence-corrected chi connectivity index (χ1v) is 6.80. The highest BCUT2D eigenvalue weighted by Crippen LogP contribution is 2.34. The highest BCUT2D eigenvalue weighted by atomic mass is 19.4. The van der Waals surface area contributed by atoms with Crippen molar-refractivity contribution in [2.75, 3.05) is 5.32 Å². The molecule has 0 aliphatic carbocycles. The number of para-hydroxylation sites is 1. The molecule has 0 spiro atoms. The molecule has 1 atom stereocenters. The monoisotopic (exact) mass is 296 g/mol. The lowest BCUT2D eigenvalue weighted by atomic mass is 9.99. The van der Waals surface area contributed by atoms with Gasteiger partial charge < -0.3 is 9.88 Å². The van der Waals surface area contributed by atoms with Crippen LogP contribution in [0.3, 0.4) is 0 Å². The number of nitrogens with zero attached hydrogens (tertiary/aromatic N) is 3. The third-order valence-electron chi connectivity index (χ3n) is 3.71. The van der Waals surface area contributed by atoms with E-state index in [1.165, 1.54) is 0 Å². The summed E-state index contributed by atoms with van der Waals surface area (Å²) in [6.07, 6.45) is -3.75. The van der Waals surface area contributed by atoms with Crippen LogP contribution in [0, 0.1) is 5.92 Å². The molecule has 0 bridgehead atoms. The summed E-state index contributed by atoms with van der Waals surface area (Å²) in [5, 5.41) is 11.1. The van der Waals surface area contributed by atoms with E-state index in [-0.39, 0.29) is 13.0 Å². The third-order valence-corrected chi connectivity index (χ3v) is 3.71. The van der Waals surface area contributed by atoms with Crippen molar-refractivity contribution in [2.24, 2.45) is 5.92 Å². The van der Waals surface area contributed by atoms with E-state index in [4.69, 9.17) is 0 Å². The summed E-state index contributed by atoms with van der Waals surface area (Å²) in [5.41, 5.74) is 0.901. The van der Waals surface area contributed by atoms with E-state index in [1.807, 2.05) is 30.3 Å². The lowest BCUT2D eigenvalue weighted by Gasteiger charge is -2.26. The lowest BCUT2D eigenvalue weighted by molar-refractivity contribution is -0.182. The number of hydrogen-bond donors (Lipinski definition) is 1. The highest BCUT2D eigenvalue weighted by Gasteiger charge is 2.42. The largest absolute Gasteiger partial charge is 0.393 e. The Balaban J connectivity index is 1.73. The molecule has 7 heteroatoms. The zero-order valence-electron chi connectivity index (χ0n) is 11.3. The van der Waals surface area contributed by atoms with Gasteiger partial charge in [-0.1, -0.05) is 18.2 Å². The van der Waals surface area contributed by atoms with Crippen LogP contribution in [0.15, 0.2) is 30.3 Å². The van der Waals surface area contributed by atoms with E-state index < -0.39 is 12.1 Å². The molecule has 1 aliphatic rings. The van der Waals surface area contributed by atoms with Crippen molar-refractivity contribution in [1.29, 1.82) is 0 Å². The molecule has 0 radical (unpaired) electrons. The van der Waals surface area contributed by atoms with Gasteiger partial charge in [0, 0.05) is 18.7 Å². The Morgan fingerprint density at radius 1 is 1.19 bits per heavy atom. The molecule has 21 heavy (non-hydrogen) atoms. The summed E-state index contributed by atoms with van der Waals surface area (Å²) in [6, 6.07) is 9.47. The third kappa shape index (κ3) is 3.01. The predicted octanol–water partition coefficient (Wildman–Crippen LogP) is 3.01. The van der Waals surface area contributed by atoms with Crippen LogP contribution >= 0.6 is 0 Å². The van der Waals surface area contributed by atoms with Gasteiger partial charge in [0.05, 0.1) is 12.5 Å². The Bertz CT molecular complexity index is 606. The number of aromatic nitrogens is 3. The Hall–Kier alpha value is -2.05. The minimum Gasteiger partial charge on any atom is -0.378 e. The van der Waals surface area contributed by atoms with Gasteiger partial charge in [-0.25, -0.2) is 0 Å². The molecule has 1 aliphatic heterocycles. The Morgan fingerprint density at radius 2 is 1.95 bits per heavy atom. The van der Waals surface area contributed by atoms with Crippen LogP contribution in [0.25, 0.3) is 0 Å². The molecule has 2 aromatic rings. The van der Waals surface area contributed by atoms with E-state index in [1.54, 1.807) is 4.57 Å². The fourth-order valence-electron chi connectivity index (χ4n) is 2.52. The molecule has 1 aromatic heterocycles. The maximum absolute atomic E-state index is 12.9. The number of nitrogens with one attached hydrogen (secondary N) is 1. The van der Waals surface area contributed by atoms with Crippen molar-refractivity contribution in [3.8, 4) is 0 Å². The van der Waals surface area contributed by atoms with E-state index >= 15 is 0 Å². The molecule has 1 unspecified atom stereocenters. The first-order chi connectivity index (χ1) is 10.0. The maximum Gasteiger partial charge on any atom is 0.393 e. The van der Waals surface area contributed by atoms with Crippen molar-refractivity contribution >= 4 is 5.69 Å². The standard InChI is InChI=1S/C14H15F3N4/c15-14(16,17)10-6-7-12-19-20-13(21(12)9-10)8-18-11-4-2-1-3-5-11/h1-5,10,18H,6-9H2. The van der Waals surface area contributed by atoms with Crippen molar-refractivity contribution in [3.05, 3.63) is 42.0 Å². The number of benzene rings is 1. The maximum atomic E-state index is 12.9. The Labute approximate surface area is 120 Å². The summed E-state index contributed by atoms with van der Waals surface area (Å²) in [5.74, 6) is -0.125. The summed E-state index contributed by atoms with van der Waals surface area (Å²) in [6.45, 7) is 0.277. The van der Waals surface area contributed by atoms with Gasteiger partial charge in [0.15, 0.2) is 5.82 Å². The van der Waals surface area contributed by atoms with Crippen LogP contribution in [0.4, 0.5) is 18.9 Å². The van der Waals surface area contributed by atoms with Crippen LogP contribution in [-0.4, -0.2) is 20.9 Å². The van der Waals surface area contributed by atoms with Crippen LogP contribution in [0.2, 0.25) is 0 Å². The van der Waals surface area contributed by atoms with Crippen molar-refractivity contribution in [1.82, 2.24) is 14.8 Å². The summed E-state index contributed by atoms with van der Waals surface area (Å²) < 4.78 is 40.2. The number of fused-ring (bicyclic) bond motifs is 1. The number of anilines is 1. The average molecular weight is 296 g/mol. The fraction of sp³-hybridized carbons (Fsp3) is 0.429. The van der Waals surface area contributed by atoms with E-state index in [9.17, 15) is 13.2 Å². The molecule has 0 saturated carbocycles. The van der Waals surface area contributed by atoms with Gasteiger partial charge in [0.2, 0.25) is 0 Å². The number of aryl methyl sites for hydroxylation is 1. The van der Waals surface area contributed by atoms with Crippen molar-refractivity contribution in [2.45, 2.75) is 32.1 Å². The minimum absolute atomic E-state index is 0.0857. The average Bonchev–Trinajstić information content (AvgIpc) is 2.87. The van der Waals surface area contributed by atoms with Crippen LogP contribution in [-0.2, 0) is 19.5 Å². The van der Waals surface area contributed by atoms with E-state index in [0.717, 1.165) is 5.69 Å². The SMILES string of the molecule is FC(F)(F)C1CCc2nnc(CNc3ccccc3)n2C1. The number of halogens is 3. The molecular weight excluding hydrogens is 281 g/mol. The first-order valence-electron chi connectivity index (χ1n) is 6.80. The summed E-state index contributed by atoms with van der Waals surface area (Å²) >= 11 is 0. The van der Waals surface area contributed by atoms with Crippen LogP contribution in [0.1, 0.15) is 18.1 Å². The smallest absolute Gasteiger partial charge is 0.378 e. The molecule has 112 valence electrons. The van der Waals surface area contributed by atoms with Gasteiger partial charge in [-0.05, 0) is 18.6 Å². The van der Waals surface area contributed by atoms with Gasteiger partial charge in [-0.15, -0.1) is 10.2 Å². The van der Waals surface area contributed by atoms with Crippen molar-refractivity contribution < 1.29 is 13.2 Å². The zero-order chi connectivity index (χ0) is 14.9. The van der Waals surface area contributed by atoms with Gasteiger partial charge in [0.1, 0.15) is 5.82 Å². The first kappa shape index (κ1) is 13.9. The van der Waals surface area contributed by atoms with E-state index in [2.05, 4.69) is 15.5 Å². The molecule has 1 N–H and O–H groups in total. The highest BCUT2D eigenvalue weighted by molar-refractivity contribution is 5.42. The molecule has 2 heterocycles. The lowest BCUT2D eigenvalue weighted by Crippen LogP contribution is -2.33. The second-order valence-corrected chi connectivity index (χ2v) is 5.14. The van der Waals surface area contributed by atoms with Gasteiger partial charge in [0.25, 0.3) is 0 Å². The number of alkyl halides is 3.